The Hall–Kier alpha value is -1.60. The molecule has 1 aromatic carbocycles. The summed E-state index contributed by atoms with van der Waals surface area (Å²) in [4.78, 5) is 0. The van der Waals surface area contributed by atoms with Crippen molar-refractivity contribution in [2.45, 2.75) is 20.1 Å². The van der Waals surface area contributed by atoms with Crippen LogP contribution < -0.4 is 14.8 Å². The van der Waals surface area contributed by atoms with E-state index in [9.17, 15) is 0 Å². The lowest BCUT2D eigenvalue weighted by molar-refractivity contribution is 0.258. The minimum absolute atomic E-state index is 0.334. The van der Waals surface area contributed by atoms with E-state index in [4.69, 9.17) is 9.47 Å². The Labute approximate surface area is 132 Å². The van der Waals surface area contributed by atoms with Crippen molar-refractivity contribution in [2.24, 2.45) is 7.05 Å². The molecular formula is C14H19BrN4O2. The van der Waals surface area contributed by atoms with Crippen molar-refractivity contribution in [3.63, 3.8) is 0 Å². The van der Waals surface area contributed by atoms with E-state index in [1.165, 1.54) is 0 Å². The minimum Gasteiger partial charge on any atom is -0.490 e. The summed E-state index contributed by atoms with van der Waals surface area (Å²) < 4.78 is 14.2. The predicted molar refractivity (Wildman–Crippen MR) is 83.4 cm³/mol. The predicted octanol–water partition coefficient (Wildman–Crippen LogP) is 2.27. The first kappa shape index (κ1) is 15.8. The van der Waals surface area contributed by atoms with Crippen molar-refractivity contribution >= 4 is 15.9 Å². The van der Waals surface area contributed by atoms with Crippen LogP contribution in [0.4, 0.5) is 0 Å². The molecule has 6 nitrogen and oxygen atoms in total. The fraction of sp³-hybridized carbons (Fsp3) is 0.429. The molecule has 1 heterocycles. The molecule has 0 unspecified atom stereocenters. The highest BCUT2D eigenvalue weighted by Crippen LogP contribution is 2.37. The van der Waals surface area contributed by atoms with Gasteiger partial charge in [-0.05, 0) is 47.6 Å². The smallest absolute Gasteiger partial charge is 0.176 e. The normalized spacial score (nSPS) is 10.7. The summed E-state index contributed by atoms with van der Waals surface area (Å²) >= 11 is 3.55. The second-order valence-electron chi connectivity index (χ2n) is 4.51. The van der Waals surface area contributed by atoms with E-state index in [1.54, 1.807) is 6.33 Å². The van der Waals surface area contributed by atoms with Crippen LogP contribution in [-0.2, 0) is 20.2 Å². The van der Waals surface area contributed by atoms with Crippen molar-refractivity contribution < 1.29 is 9.47 Å². The molecule has 0 fully saturated rings. The SMILES string of the molecule is CCOc1cc(CNC)cc(Br)c1OCc1nncn1C. The van der Waals surface area contributed by atoms with Gasteiger partial charge in [-0.15, -0.1) is 10.2 Å². The molecule has 0 aliphatic rings. The molecule has 1 N–H and O–H groups in total. The molecule has 7 heteroatoms. The van der Waals surface area contributed by atoms with Crippen LogP contribution in [-0.4, -0.2) is 28.4 Å². The van der Waals surface area contributed by atoms with Gasteiger partial charge in [0.15, 0.2) is 17.3 Å². The second kappa shape index (κ2) is 7.42. The lowest BCUT2D eigenvalue weighted by Crippen LogP contribution is -2.08. The van der Waals surface area contributed by atoms with Crippen LogP contribution >= 0.6 is 15.9 Å². The number of aromatic nitrogens is 3. The topological polar surface area (TPSA) is 61.2 Å². The molecule has 0 bridgehead atoms. The largest absolute Gasteiger partial charge is 0.490 e. The Balaban J connectivity index is 2.22. The number of aryl methyl sites for hydroxylation is 1. The molecule has 2 rings (SSSR count). The van der Waals surface area contributed by atoms with Gasteiger partial charge in [-0.3, -0.25) is 0 Å². The van der Waals surface area contributed by atoms with Gasteiger partial charge < -0.3 is 19.4 Å². The molecule has 21 heavy (non-hydrogen) atoms. The zero-order valence-corrected chi connectivity index (χ0v) is 14.0. The van der Waals surface area contributed by atoms with E-state index in [0.717, 1.165) is 28.2 Å². The molecule has 0 saturated carbocycles. The molecule has 0 spiro atoms. The van der Waals surface area contributed by atoms with E-state index in [0.29, 0.717) is 19.0 Å². The second-order valence-corrected chi connectivity index (χ2v) is 5.37. The molecule has 0 radical (unpaired) electrons. The van der Waals surface area contributed by atoms with Crippen LogP contribution in [0.1, 0.15) is 18.3 Å². The van der Waals surface area contributed by atoms with Crippen molar-refractivity contribution in [1.82, 2.24) is 20.1 Å². The third-order valence-corrected chi connectivity index (χ3v) is 3.49. The van der Waals surface area contributed by atoms with Crippen LogP contribution in [0.25, 0.3) is 0 Å². The highest BCUT2D eigenvalue weighted by atomic mass is 79.9. The standard InChI is InChI=1S/C14H19BrN4O2/c1-4-20-12-6-10(7-16-2)5-11(15)14(12)21-8-13-18-17-9-19(13)3/h5-6,9,16H,4,7-8H2,1-3H3. The quantitative estimate of drug-likeness (QED) is 0.826. The molecule has 0 amide bonds. The van der Waals surface area contributed by atoms with E-state index >= 15 is 0 Å². The number of hydrogen-bond donors (Lipinski definition) is 1. The number of nitrogens with one attached hydrogen (secondary N) is 1. The van der Waals surface area contributed by atoms with E-state index in [2.05, 4.69) is 31.4 Å². The number of rotatable bonds is 7. The summed E-state index contributed by atoms with van der Waals surface area (Å²) in [5.41, 5.74) is 1.12. The Morgan fingerprint density at radius 1 is 1.33 bits per heavy atom. The highest BCUT2D eigenvalue weighted by molar-refractivity contribution is 9.10. The molecule has 0 aliphatic heterocycles. The van der Waals surface area contributed by atoms with Gasteiger partial charge in [-0.1, -0.05) is 0 Å². The van der Waals surface area contributed by atoms with Crippen LogP contribution in [0, 0.1) is 0 Å². The molecular weight excluding hydrogens is 336 g/mol. The number of nitrogens with zero attached hydrogens (tertiary/aromatic N) is 3. The fourth-order valence-corrected chi connectivity index (χ4v) is 2.51. The summed E-state index contributed by atoms with van der Waals surface area (Å²) in [7, 11) is 3.79. The van der Waals surface area contributed by atoms with Crippen LogP contribution in [0.5, 0.6) is 11.5 Å². The monoisotopic (exact) mass is 354 g/mol. The van der Waals surface area contributed by atoms with E-state index < -0.39 is 0 Å². The van der Waals surface area contributed by atoms with E-state index in [1.807, 2.05) is 37.7 Å². The van der Waals surface area contributed by atoms with Gasteiger partial charge >= 0.3 is 0 Å². The maximum Gasteiger partial charge on any atom is 0.176 e. The van der Waals surface area contributed by atoms with Crippen molar-refractivity contribution in [3.05, 3.63) is 34.3 Å². The number of benzene rings is 1. The fourth-order valence-electron chi connectivity index (χ4n) is 1.91. The molecule has 0 atom stereocenters. The summed E-state index contributed by atoms with van der Waals surface area (Å²) in [6.07, 6.45) is 1.65. The number of ether oxygens (including phenoxy) is 2. The first-order valence-corrected chi connectivity index (χ1v) is 7.50. The van der Waals surface area contributed by atoms with Crippen molar-refractivity contribution in [3.8, 4) is 11.5 Å². The maximum absolute atomic E-state index is 5.86. The Bertz CT molecular complexity index is 601. The van der Waals surface area contributed by atoms with Gasteiger partial charge in [0, 0.05) is 13.6 Å². The summed E-state index contributed by atoms with van der Waals surface area (Å²) in [6, 6.07) is 4.00. The Kier molecular flexibility index (Phi) is 5.58. The summed E-state index contributed by atoms with van der Waals surface area (Å²) in [5.74, 6) is 2.16. The molecule has 0 aliphatic carbocycles. The highest BCUT2D eigenvalue weighted by Gasteiger charge is 2.13. The Morgan fingerprint density at radius 3 is 2.76 bits per heavy atom. The molecule has 0 saturated heterocycles. The molecule has 1 aromatic heterocycles. The maximum atomic E-state index is 5.86. The van der Waals surface area contributed by atoms with Gasteiger partial charge in [0.2, 0.25) is 0 Å². The number of hydrogen-bond acceptors (Lipinski definition) is 5. The van der Waals surface area contributed by atoms with Gasteiger partial charge in [0.05, 0.1) is 11.1 Å². The van der Waals surface area contributed by atoms with Gasteiger partial charge in [0.1, 0.15) is 12.9 Å². The zero-order chi connectivity index (χ0) is 15.2. The molecule has 114 valence electrons. The van der Waals surface area contributed by atoms with Crippen LogP contribution in [0.2, 0.25) is 0 Å². The lowest BCUT2D eigenvalue weighted by atomic mass is 10.2. The first-order valence-electron chi connectivity index (χ1n) is 6.71. The van der Waals surface area contributed by atoms with E-state index in [-0.39, 0.29) is 0 Å². The van der Waals surface area contributed by atoms with Crippen molar-refractivity contribution in [2.75, 3.05) is 13.7 Å². The van der Waals surface area contributed by atoms with Crippen LogP contribution in [0.3, 0.4) is 0 Å². The van der Waals surface area contributed by atoms with Crippen LogP contribution in [0.15, 0.2) is 22.9 Å². The third-order valence-electron chi connectivity index (χ3n) is 2.90. The van der Waals surface area contributed by atoms with Crippen molar-refractivity contribution in [1.29, 1.82) is 0 Å². The zero-order valence-electron chi connectivity index (χ0n) is 12.4. The summed E-state index contributed by atoms with van der Waals surface area (Å²) in [6.45, 7) is 3.63. The first-order chi connectivity index (χ1) is 10.2. The number of halogens is 1. The average molecular weight is 355 g/mol. The lowest BCUT2D eigenvalue weighted by Gasteiger charge is -2.15. The van der Waals surface area contributed by atoms with Gasteiger partial charge in [-0.2, -0.15) is 0 Å². The minimum atomic E-state index is 0.334. The average Bonchev–Trinajstić information content (AvgIpc) is 2.84. The summed E-state index contributed by atoms with van der Waals surface area (Å²) in [5, 5.41) is 11.0. The Morgan fingerprint density at radius 2 is 2.14 bits per heavy atom. The molecule has 2 aromatic rings. The third kappa shape index (κ3) is 3.95. The van der Waals surface area contributed by atoms with Gasteiger partial charge in [0.25, 0.3) is 0 Å². The van der Waals surface area contributed by atoms with Gasteiger partial charge in [-0.25, -0.2) is 0 Å².